The highest BCUT2D eigenvalue weighted by Gasteiger charge is 2.32. The Morgan fingerprint density at radius 2 is 2.18 bits per heavy atom. The molecule has 0 radical (unpaired) electrons. The van der Waals surface area contributed by atoms with Crippen molar-refractivity contribution in [1.82, 2.24) is 0 Å². The van der Waals surface area contributed by atoms with Gasteiger partial charge in [0.25, 0.3) is 0 Å². The van der Waals surface area contributed by atoms with Crippen LogP contribution in [0.5, 0.6) is 0 Å². The molecule has 1 aromatic carbocycles. The fourth-order valence-corrected chi connectivity index (χ4v) is 2.78. The van der Waals surface area contributed by atoms with Crippen molar-refractivity contribution in [2.45, 2.75) is 6.42 Å². The van der Waals surface area contributed by atoms with E-state index in [0.717, 1.165) is 12.1 Å². The zero-order chi connectivity index (χ0) is 12.6. The molecule has 1 fully saturated rings. The third kappa shape index (κ3) is 2.47. The summed E-state index contributed by atoms with van der Waals surface area (Å²) in [6.07, 6.45) is 0.354. The maximum Gasteiger partial charge on any atom is 0.227 e. The number of halogens is 3. The Bertz CT molecular complexity index is 446. The number of rotatable bonds is 2. The smallest absolute Gasteiger partial charge is 0.227 e. The lowest BCUT2D eigenvalue weighted by Gasteiger charge is -2.19. The van der Waals surface area contributed by atoms with Crippen molar-refractivity contribution in [3.8, 4) is 0 Å². The SMILES string of the molecule is O=C1CC(CS)CN1c1c(F)cc(F)cc1Br. The highest BCUT2D eigenvalue weighted by molar-refractivity contribution is 9.10. The van der Waals surface area contributed by atoms with E-state index < -0.39 is 11.6 Å². The molecule has 1 atom stereocenters. The van der Waals surface area contributed by atoms with Crippen LogP contribution in [0.1, 0.15) is 6.42 Å². The number of hydrogen-bond donors (Lipinski definition) is 1. The Kier molecular flexibility index (Phi) is 3.73. The standard InChI is InChI=1S/C11H10BrF2NOS/c12-8-2-7(13)3-9(14)11(8)15-4-6(5-17)1-10(15)16/h2-3,6,17H,1,4-5H2. The van der Waals surface area contributed by atoms with Gasteiger partial charge in [0.1, 0.15) is 5.82 Å². The molecule has 0 aliphatic carbocycles. The molecule has 1 aromatic rings. The van der Waals surface area contributed by atoms with Gasteiger partial charge >= 0.3 is 0 Å². The van der Waals surface area contributed by atoms with Crippen LogP contribution in [0.25, 0.3) is 0 Å². The van der Waals surface area contributed by atoms with Gasteiger partial charge in [0, 0.05) is 23.5 Å². The Morgan fingerprint density at radius 3 is 2.71 bits per heavy atom. The second-order valence-electron chi connectivity index (χ2n) is 3.98. The Hall–Kier alpha value is -0.620. The van der Waals surface area contributed by atoms with E-state index in [1.54, 1.807) is 0 Å². The number of amides is 1. The molecule has 0 N–H and O–H groups in total. The third-order valence-electron chi connectivity index (χ3n) is 2.71. The third-order valence-corrected chi connectivity index (χ3v) is 3.84. The van der Waals surface area contributed by atoms with Gasteiger partial charge in [0.2, 0.25) is 5.91 Å². The normalized spacial score (nSPS) is 20.1. The second kappa shape index (κ2) is 4.94. The number of thiol groups is 1. The molecule has 0 saturated carbocycles. The van der Waals surface area contributed by atoms with Crippen molar-refractivity contribution in [2.24, 2.45) is 5.92 Å². The number of benzene rings is 1. The van der Waals surface area contributed by atoms with Crippen molar-refractivity contribution in [3.63, 3.8) is 0 Å². The molecule has 1 amide bonds. The largest absolute Gasteiger partial charge is 0.308 e. The van der Waals surface area contributed by atoms with Crippen LogP contribution in [0.15, 0.2) is 16.6 Å². The van der Waals surface area contributed by atoms with Crippen LogP contribution in [-0.2, 0) is 4.79 Å². The van der Waals surface area contributed by atoms with Gasteiger partial charge in [-0.05, 0) is 33.7 Å². The fourth-order valence-electron chi connectivity index (χ4n) is 1.91. The number of carbonyl (C=O) groups excluding carboxylic acids is 1. The summed E-state index contributed by atoms with van der Waals surface area (Å²) in [5.41, 5.74) is 0.112. The average molecular weight is 322 g/mol. The van der Waals surface area contributed by atoms with E-state index in [1.807, 2.05) is 0 Å². The van der Waals surface area contributed by atoms with E-state index in [4.69, 9.17) is 0 Å². The predicted octanol–water partition coefficient (Wildman–Crippen LogP) is 3.01. The molecular formula is C11H10BrF2NOS. The molecule has 1 aliphatic rings. The lowest BCUT2D eigenvalue weighted by Crippen LogP contribution is -2.26. The molecule has 0 bridgehead atoms. The lowest BCUT2D eigenvalue weighted by molar-refractivity contribution is -0.117. The zero-order valence-electron chi connectivity index (χ0n) is 8.79. The van der Waals surface area contributed by atoms with Crippen molar-refractivity contribution < 1.29 is 13.6 Å². The molecule has 0 spiro atoms. The minimum absolute atomic E-state index is 0.112. The van der Waals surface area contributed by atoms with Crippen molar-refractivity contribution in [1.29, 1.82) is 0 Å². The van der Waals surface area contributed by atoms with Gasteiger partial charge in [-0.15, -0.1) is 0 Å². The van der Waals surface area contributed by atoms with Gasteiger partial charge in [-0.3, -0.25) is 4.79 Å². The second-order valence-corrected chi connectivity index (χ2v) is 5.19. The first-order valence-corrected chi connectivity index (χ1v) is 6.51. The maximum atomic E-state index is 13.7. The zero-order valence-corrected chi connectivity index (χ0v) is 11.3. The first-order chi connectivity index (χ1) is 8.02. The topological polar surface area (TPSA) is 20.3 Å². The van der Waals surface area contributed by atoms with Crippen LogP contribution in [-0.4, -0.2) is 18.2 Å². The van der Waals surface area contributed by atoms with Crippen molar-refractivity contribution >= 4 is 40.2 Å². The summed E-state index contributed by atoms with van der Waals surface area (Å²) >= 11 is 7.22. The van der Waals surface area contributed by atoms with Crippen LogP contribution < -0.4 is 4.90 Å². The van der Waals surface area contributed by atoms with Gasteiger partial charge in [0.15, 0.2) is 5.82 Å². The van der Waals surface area contributed by atoms with E-state index >= 15 is 0 Å². The Labute approximate surface area is 112 Å². The monoisotopic (exact) mass is 321 g/mol. The van der Waals surface area contributed by atoms with Gasteiger partial charge < -0.3 is 4.90 Å². The molecule has 1 aliphatic heterocycles. The number of nitrogens with zero attached hydrogens (tertiary/aromatic N) is 1. The summed E-state index contributed by atoms with van der Waals surface area (Å²) in [5.74, 6) is -0.874. The number of hydrogen-bond acceptors (Lipinski definition) is 2. The van der Waals surface area contributed by atoms with Gasteiger partial charge in [0.05, 0.1) is 5.69 Å². The molecular weight excluding hydrogens is 312 g/mol. The van der Waals surface area contributed by atoms with Crippen LogP contribution in [0, 0.1) is 17.6 Å². The molecule has 6 heteroatoms. The average Bonchev–Trinajstić information content (AvgIpc) is 2.59. The molecule has 17 heavy (non-hydrogen) atoms. The maximum absolute atomic E-state index is 13.7. The summed E-state index contributed by atoms with van der Waals surface area (Å²) in [5, 5.41) is 0. The van der Waals surface area contributed by atoms with Crippen molar-refractivity contribution in [2.75, 3.05) is 17.2 Å². The summed E-state index contributed by atoms with van der Waals surface area (Å²) in [6, 6.07) is 1.93. The van der Waals surface area contributed by atoms with E-state index in [2.05, 4.69) is 28.6 Å². The minimum atomic E-state index is -0.731. The predicted molar refractivity (Wildman–Crippen MR) is 68.4 cm³/mol. The molecule has 1 heterocycles. The van der Waals surface area contributed by atoms with Crippen LogP contribution in [0.3, 0.4) is 0 Å². The van der Waals surface area contributed by atoms with E-state index in [0.29, 0.717) is 18.7 Å². The van der Waals surface area contributed by atoms with Crippen molar-refractivity contribution in [3.05, 3.63) is 28.2 Å². The van der Waals surface area contributed by atoms with Crippen LogP contribution >= 0.6 is 28.6 Å². The van der Waals surface area contributed by atoms with Gasteiger partial charge in [-0.1, -0.05) is 0 Å². The first-order valence-electron chi connectivity index (χ1n) is 5.08. The Morgan fingerprint density at radius 1 is 1.47 bits per heavy atom. The quantitative estimate of drug-likeness (QED) is 0.830. The molecule has 0 aromatic heterocycles. The minimum Gasteiger partial charge on any atom is -0.308 e. The van der Waals surface area contributed by atoms with E-state index in [-0.39, 0.29) is 22.0 Å². The fraction of sp³-hybridized carbons (Fsp3) is 0.364. The lowest BCUT2D eigenvalue weighted by atomic mass is 10.1. The summed E-state index contributed by atoms with van der Waals surface area (Å²) in [7, 11) is 0. The molecule has 2 nitrogen and oxygen atoms in total. The van der Waals surface area contributed by atoms with Gasteiger partial charge in [-0.2, -0.15) is 12.6 Å². The van der Waals surface area contributed by atoms with Gasteiger partial charge in [-0.25, -0.2) is 8.78 Å². The number of anilines is 1. The molecule has 92 valence electrons. The molecule has 1 unspecified atom stereocenters. The summed E-state index contributed by atoms with van der Waals surface area (Å²) < 4.78 is 26.9. The molecule has 2 rings (SSSR count). The Balaban J connectivity index is 2.38. The summed E-state index contributed by atoms with van der Waals surface area (Å²) in [6.45, 7) is 0.420. The number of carbonyl (C=O) groups is 1. The summed E-state index contributed by atoms with van der Waals surface area (Å²) in [4.78, 5) is 13.1. The van der Waals surface area contributed by atoms with E-state index in [1.165, 1.54) is 4.90 Å². The highest BCUT2D eigenvalue weighted by Crippen LogP contribution is 2.34. The van der Waals surface area contributed by atoms with Crippen LogP contribution in [0.2, 0.25) is 0 Å². The first kappa shape index (κ1) is 12.8. The molecule has 1 saturated heterocycles. The van der Waals surface area contributed by atoms with E-state index in [9.17, 15) is 13.6 Å². The highest BCUT2D eigenvalue weighted by atomic mass is 79.9. The van der Waals surface area contributed by atoms with Crippen LogP contribution in [0.4, 0.5) is 14.5 Å².